The Morgan fingerprint density at radius 3 is 2.32 bits per heavy atom. The van der Waals surface area contributed by atoms with Gasteiger partial charge in [0.2, 0.25) is 5.91 Å². The molecule has 4 rings (SSSR count). The molecule has 1 atom stereocenters. The first-order chi connectivity index (χ1) is 16.4. The molecule has 1 saturated carbocycles. The number of anilines is 1. The van der Waals surface area contributed by atoms with E-state index in [1.165, 1.54) is 0 Å². The summed E-state index contributed by atoms with van der Waals surface area (Å²) in [7, 11) is 0. The topological polar surface area (TPSA) is 84.0 Å². The minimum Gasteiger partial charge on any atom is -0.462 e. The summed E-state index contributed by atoms with van der Waals surface area (Å²) in [6.45, 7) is 3.87. The largest absolute Gasteiger partial charge is 0.462 e. The highest BCUT2D eigenvalue weighted by atomic mass is 16.5. The molecule has 2 fully saturated rings. The van der Waals surface area contributed by atoms with E-state index < -0.39 is 17.9 Å². The number of benzene rings is 2. The van der Waals surface area contributed by atoms with Crippen LogP contribution in [-0.2, 0) is 14.3 Å². The number of nitrogens with zero attached hydrogens (tertiary/aromatic N) is 2. The lowest BCUT2D eigenvalue weighted by Crippen LogP contribution is -2.51. The zero-order chi connectivity index (χ0) is 24.2. The van der Waals surface area contributed by atoms with E-state index in [1.807, 2.05) is 25.1 Å². The summed E-state index contributed by atoms with van der Waals surface area (Å²) < 4.78 is 5.00. The maximum absolute atomic E-state index is 13.7. The summed E-state index contributed by atoms with van der Waals surface area (Å²) in [6, 6.07) is 12.7. The van der Waals surface area contributed by atoms with Crippen molar-refractivity contribution in [3.8, 4) is 0 Å². The van der Waals surface area contributed by atoms with Crippen LogP contribution in [0.15, 0.2) is 48.5 Å². The number of amides is 3. The van der Waals surface area contributed by atoms with Crippen LogP contribution < -0.4 is 4.90 Å². The van der Waals surface area contributed by atoms with E-state index in [2.05, 4.69) is 0 Å². The quantitative estimate of drug-likeness (QED) is 0.473. The third kappa shape index (κ3) is 4.60. The number of carbonyl (C=O) groups is 4. The molecule has 3 amide bonds. The van der Waals surface area contributed by atoms with Gasteiger partial charge in [-0.25, -0.2) is 9.69 Å². The molecule has 178 valence electrons. The summed E-state index contributed by atoms with van der Waals surface area (Å²) in [5.41, 5.74) is 2.14. The van der Waals surface area contributed by atoms with Crippen molar-refractivity contribution < 1.29 is 23.9 Å². The van der Waals surface area contributed by atoms with Gasteiger partial charge < -0.3 is 9.64 Å². The molecule has 2 aliphatic rings. The lowest BCUT2D eigenvalue weighted by atomic mass is 9.91. The Kier molecular flexibility index (Phi) is 7.10. The predicted molar refractivity (Wildman–Crippen MR) is 128 cm³/mol. The molecule has 7 nitrogen and oxygen atoms in total. The van der Waals surface area contributed by atoms with Crippen LogP contribution >= 0.6 is 0 Å². The van der Waals surface area contributed by atoms with Crippen LogP contribution in [0.4, 0.5) is 5.69 Å². The molecule has 0 bridgehead atoms. The summed E-state index contributed by atoms with van der Waals surface area (Å²) in [6.07, 6.45) is 4.70. The molecule has 7 heteroatoms. The van der Waals surface area contributed by atoms with E-state index in [0.717, 1.165) is 42.6 Å². The van der Waals surface area contributed by atoms with Gasteiger partial charge in [0.25, 0.3) is 11.8 Å². The van der Waals surface area contributed by atoms with Crippen molar-refractivity contribution in [3.63, 3.8) is 0 Å². The van der Waals surface area contributed by atoms with E-state index in [0.29, 0.717) is 16.8 Å². The first-order valence-electron chi connectivity index (χ1n) is 11.9. The van der Waals surface area contributed by atoms with E-state index in [1.54, 1.807) is 42.2 Å². The van der Waals surface area contributed by atoms with Crippen LogP contribution in [0.3, 0.4) is 0 Å². The molecule has 0 N–H and O–H groups in total. The maximum Gasteiger partial charge on any atom is 0.338 e. The van der Waals surface area contributed by atoms with Crippen LogP contribution in [0.2, 0.25) is 0 Å². The smallest absolute Gasteiger partial charge is 0.338 e. The van der Waals surface area contributed by atoms with Crippen molar-refractivity contribution in [1.29, 1.82) is 0 Å². The molecule has 2 aromatic carbocycles. The molecule has 2 aromatic rings. The van der Waals surface area contributed by atoms with Crippen LogP contribution in [-0.4, -0.2) is 47.3 Å². The zero-order valence-electron chi connectivity index (χ0n) is 19.7. The van der Waals surface area contributed by atoms with Crippen LogP contribution in [0.1, 0.15) is 71.7 Å². The summed E-state index contributed by atoms with van der Waals surface area (Å²) >= 11 is 0. The number of hydrogen-bond acceptors (Lipinski definition) is 5. The first-order valence-corrected chi connectivity index (χ1v) is 11.9. The van der Waals surface area contributed by atoms with Crippen molar-refractivity contribution in [1.82, 2.24) is 4.90 Å². The van der Waals surface area contributed by atoms with Gasteiger partial charge in [0.15, 0.2) is 0 Å². The second kappa shape index (κ2) is 10.2. The standard InChI is InChI=1S/C27H30N2O5/c1-3-34-27(33)19-13-15-21(16-14-19)29-24(30)17-23(26(29)32)28(20-10-5-4-6-11-20)25(31)22-12-8-7-9-18(22)2/h7-9,12-16,20,23H,3-6,10-11,17H2,1-2H3. The van der Waals surface area contributed by atoms with Crippen molar-refractivity contribution in [2.75, 3.05) is 11.5 Å². The van der Waals surface area contributed by atoms with Gasteiger partial charge in [0.05, 0.1) is 24.3 Å². The van der Waals surface area contributed by atoms with E-state index >= 15 is 0 Å². The number of aryl methyl sites for hydroxylation is 1. The molecule has 1 aliphatic carbocycles. The fourth-order valence-corrected chi connectivity index (χ4v) is 4.94. The Morgan fingerprint density at radius 1 is 1.00 bits per heavy atom. The van der Waals surface area contributed by atoms with E-state index in [4.69, 9.17) is 4.74 Å². The summed E-state index contributed by atoms with van der Waals surface area (Å²) in [4.78, 5) is 55.0. The Labute approximate surface area is 199 Å². The van der Waals surface area contributed by atoms with Gasteiger partial charge in [-0.3, -0.25) is 14.4 Å². The molecule has 1 heterocycles. The highest BCUT2D eigenvalue weighted by molar-refractivity contribution is 6.23. The van der Waals surface area contributed by atoms with Crippen molar-refractivity contribution in [2.45, 2.75) is 64.5 Å². The molecule has 0 aromatic heterocycles. The minimum absolute atomic E-state index is 0.0490. The van der Waals surface area contributed by atoms with Crippen molar-refractivity contribution in [2.24, 2.45) is 0 Å². The van der Waals surface area contributed by atoms with E-state index in [9.17, 15) is 19.2 Å². The van der Waals surface area contributed by atoms with Gasteiger partial charge in [0, 0.05) is 11.6 Å². The molecule has 0 spiro atoms. The molecular weight excluding hydrogens is 432 g/mol. The molecule has 1 saturated heterocycles. The minimum atomic E-state index is -0.840. The van der Waals surface area contributed by atoms with Gasteiger partial charge in [0.1, 0.15) is 6.04 Å². The summed E-state index contributed by atoms with van der Waals surface area (Å²) in [5.74, 6) is -1.41. The van der Waals surface area contributed by atoms with Gasteiger partial charge in [-0.15, -0.1) is 0 Å². The Bertz CT molecular complexity index is 1090. The number of rotatable bonds is 6. The lowest BCUT2D eigenvalue weighted by Gasteiger charge is -2.37. The number of imide groups is 1. The molecule has 1 unspecified atom stereocenters. The number of esters is 1. The van der Waals surface area contributed by atoms with Crippen LogP contribution in [0, 0.1) is 6.92 Å². The predicted octanol–water partition coefficient (Wildman–Crippen LogP) is 4.28. The Balaban J connectivity index is 1.63. The average molecular weight is 463 g/mol. The van der Waals surface area contributed by atoms with E-state index in [-0.39, 0.29) is 30.9 Å². The van der Waals surface area contributed by atoms with Crippen LogP contribution in [0.25, 0.3) is 0 Å². The third-order valence-corrected chi connectivity index (χ3v) is 6.67. The van der Waals surface area contributed by atoms with Crippen LogP contribution in [0.5, 0.6) is 0 Å². The molecule has 1 aliphatic heterocycles. The maximum atomic E-state index is 13.7. The highest BCUT2D eigenvalue weighted by Crippen LogP contribution is 2.32. The Morgan fingerprint density at radius 2 is 1.68 bits per heavy atom. The number of ether oxygens (including phenoxy) is 1. The highest BCUT2D eigenvalue weighted by Gasteiger charge is 2.46. The first kappa shape index (κ1) is 23.7. The fourth-order valence-electron chi connectivity index (χ4n) is 4.94. The lowest BCUT2D eigenvalue weighted by molar-refractivity contribution is -0.123. The van der Waals surface area contributed by atoms with Gasteiger partial charge in [-0.05, 0) is 62.6 Å². The molecular formula is C27H30N2O5. The van der Waals surface area contributed by atoms with Crippen molar-refractivity contribution >= 4 is 29.4 Å². The third-order valence-electron chi connectivity index (χ3n) is 6.67. The van der Waals surface area contributed by atoms with Gasteiger partial charge >= 0.3 is 5.97 Å². The zero-order valence-corrected chi connectivity index (χ0v) is 19.7. The Hall–Kier alpha value is -3.48. The van der Waals surface area contributed by atoms with Gasteiger partial charge in [-0.2, -0.15) is 0 Å². The van der Waals surface area contributed by atoms with Gasteiger partial charge in [-0.1, -0.05) is 37.5 Å². The fraction of sp³-hybridized carbons (Fsp3) is 0.407. The molecule has 34 heavy (non-hydrogen) atoms. The van der Waals surface area contributed by atoms with Crippen molar-refractivity contribution in [3.05, 3.63) is 65.2 Å². The number of carbonyl (C=O) groups excluding carboxylic acids is 4. The second-order valence-electron chi connectivity index (χ2n) is 8.87. The number of hydrogen-bond donors (Lipinski definition) is 0. The molecule has 0 radical (unpaired) electrons. The monoisotopic (exact) mass is 462 g/mol. The summed E-state index contributed by atoms with van der Waals surface area (Å²) in [5, 5.41) is 0. The normalized spacial score (nSPS) is 18.8. The SMILES string of the molecule is CCOC(=O)c1ccc(N2C(=O)CC(N(C(=O)c3ccccc3C)C3CCCCC3)C2=O)cc1. The second-order valence-corrected chi connectivity index (χ2v) is 8.87. The average Bonchev–Trinajstić information content (AvgIpc) is 3.13.